The maximum atomic E-state index is 11.3. The quantitative estimate of drug-likeness (QED) is 0.214. The molecule has 0 amide bonds. The fourth-order valence-corrected chi connectivity index (χ4v) is 1.76. The maximum Gasteiger partial charge on any atom is 1.02 e. The molecule has 0 aliphatic carbocycles. The molecule has 0 heterocycles. The van der Waals surface area contributed by atoms with Gasteiger partial charge in [0.15, 0.2) is 5.60 Å². The fraction of sp³-hybridized carbons (Fsp3) is 0.500. The number of hydrogen-bond acceptors (Lipinski definition) is 11. The van der Waals surface area contributed by atoms with Crippen LogP contribution in [0.3, 0.4) is 0 Å². The van der Waals surface area contributed by atoms with Crippen LogP contribution in [0.15, 0.2) is 0 Å². The lowest BCUT2D eigenvalue weighted by molar-refractivity contribution is -0.764. The van der Waals surface area contributed by atoms with Crippen LogP contribution in [-0.4, -0.2) is 64.2 Å². The van der Waals surface area contributed by atoms with Crippen molar-refractivity contribution in [2.24, 2.45) is 0 Å². The van der Waals surface area contributed by atoms with E-state index >= 15 is 0 Å². The Morgan fingerprint density at radius 1 is 1.05 bits per heavy atom. The van der Waals surface area contributed by atoms with Crippen molar-refractivity contribution < 1.29 is 51.4 Å². The number of nitrogens with zero attached hydrogens (tertiary/aromatic N) is 2. The Balaban J connectivity index is 4.91. The molecule has 0 aliphatic heterocycles. The predicted octanol–water partition coefficient (Wildman–Crippen LogP) is -2.39. The first-order valence-corrected chi connectivity index (χ1v) is 6.37. The molecule has 22 heavy (non-hydrogen) atoms. The molecule has 0 aliphatic rings. The molecule has 1 unspecified atom stereocenters. The number of carboxylic acid groups (broad SMARTS) is 2. The van der Waals surface area contributed by atoms with Crippen LogP contribution < -0.4 is 0 Å². The van der Waals surface area contributed by atoms with E-state index < -0.39 is 61.7 Å². The van der Waals surface area contributed by atoms with E-state index in [1.807, 2.05) is 0 Å². The Kier molecular flexibility index (Phi) is 6.95. The normalized spacial score (nSPS) is 12.4. The summed E-state index contributed by atoms with van der Waals surface area (Å²) in [7, 11) is 0. The molecule has 122 valence electrons. The molecule has 15 nitrogen and oxygen atoms in total. The van der Waals surface area contributed by atoms with Crippen molar-refractivity contribution in [2.75, 3.05) is 0 Å². The number of carbonyl (C=O) groups excluding carboxylic acids is 1. The second kappa shape index (κ2) is 7.92. The number of hydrogen-bond donors (Lipinski definition) is 3. The summed E-state index contributed by atoms with van der Waals surface area (Å²) in [6, 6.07) is 0. The molecule has 0 aromatic heterocycles. The van der Waals surface area contributed by atoms with Gasteiger partial charge in [-0.1, -0.05) is 0 Å². The van der Waals surface area contributed by atoms with Gasteiger partial charge in [-0.3, -0.25) is 9.59 Å². The van der Waals surface area contributed by atoms with Gasteiger partial charge in [0.2, 0.25) is 0 Å². The Morgan fingerprint density at radius 2 is 1.50 bits per heavy atom. The number of carboxylic acids is 2. The summed E-state index contributed by atoms with van der Waals surface area (Å²) in [5, 5.41) is 43.5. The molecule has 0 fully saturated rings. The van der Waals surface area contributed by atoms with Gasteiger partial charge in [-0.15, -0.1) is 20.2 Å². The number of carbonyl (C=O) groups is 3. The van der Waals surface area contributed by atoms with Gasteiger partial charge in [-0.05, 0) is 0 Å². The third-order valence-corrected chi connectivity index (χ3v) is 2.99. The number of aliphatic hydroxyl groups is 1. The zero-order chi connectivity index (χ0) is 17.5. The van der Waals surface area contributed by atoms with Crippen molar-refractivity contribution in [3.63, 3.8) is 0 Å². The monoisotopic (exact) mass is 342 g/mol. The van der Waals surface area contributed by atoms with Gasteiger partial charge >= 0.3 is 27.1 Å². The van der Waals surface area contributed by atoms with Crippen LogP contribution in [0.25, 0.3) is 0 Å². The van der Waals surface area contributed by atoms with E-state index in [9.17, 15) is 39.7 Å². The summed E-state index contributed by atoms with van der Waals surface area (Å²) in [5.74, 6) is -5.56. The second-order valence-corrected chi connectivity index (χ2v) is 4.76. The van der Waals surface area contributed by atoms with Crippen LogP contribution in [0.4, 0.5) is 0 Å². The van der Waals surface area contributed by atoms with Crippen LogP contribution in [0.1, 0.15) is 12.8 Å². The van der Waals surface area contributed by atoms with Crippen molar-refractivity contribution in [1.82, 2.24) is 0 Å². The SMILES string of the molecule is O=C(O)CC(O)(CC(=O)[O][Al]([O][N+](=O)[O-])[O][N+](=O)[O-])C(=O)O. The average molecular weight is 342 g/mol. The molecule has 1 atom stereocenters. The number of rotatable bonds is 10. The highest BCUT2D eigenvalue weighted by Gasteiger charge is 2.46. The molecule has 0 saturated heterocycles. The molecular weight excluding hydrogens is 335 g/mol. The van der Waals surface area contributed by atoms with Gasteiger partial charge in [0.05, 0.1) is 12.8 Å². The van der Waals surface area contributed by atoms with Gasteiger partial charge < -0.3 is 26.9 Å². The van der Waals surface area contributed by atoms with Gasteiger partial charge in [-0.25, -0.2) is 4.79 Å². The Hall–Kier alpha value is -2.70. The minimum absolute atomic E-state index is 1.39. The summed E-state index contributed by atoms with van der Waals surface area (Å²) in [4.78, 5) is 52.5. The van der Waals surface area contributed by atoms with E-state index in [0.717, 1.165) is 0 Å². The molecule has 0 aromatic rings. The zero-order valence-electron chi connectivity index (χ0n) is 10.3. The minimum atomic E-state index is -4.26. The second-order valence-electron chi connectivity index (χ2n) is 3.52. The molecule has 0 saturated carbocycles. The first-order chi connectivity index (χ1) is 9.96. The van der Waals surface area contributed by atoms with Crippen molar-refractivity contribution in [3.05, 3.63) is 20.2 Å². The van der Waals surface area contributed by atoms with Crippen LogP contribution in [0.5, 0.6) is 0 Å². The van der Waals surface area contributed by atoms with E-state index in [1.165, 1.54) is 0 Å². The molecule has 0 radical (unpaired) electrons. The van der Waals surface area contributed by atoms with Crippen LogP contribution in [-0.2, 0) is 26.0 Å². The van der Waals surface area contributed by atoms with Crippen molar-refractivity contribution >= 4 is 33.1 Å². The molecule has 0 spiro atoms. The van der Waals surface area contributed by atoms with Crippen LogP contribution in [0, 0.1) is 20.2 Å². The van der Waals surface area contributed by atoms with E-state index in [2.05, 4.69) is 11.6 Å². The average Bonchev–Trinajstić information content (AvgIpc) is 2.24. The molecule has 0 aromatic carbocycles. The van der Waals surface area contributed by atoms with Crippen LogP contribution in [0.2, 0.25) is 0 Å². The van der Waals surface area contributed by atoms with E-state index in [4.69, 9.17) is 10.2 Å². The highest BCUT2D eigenvalue weighted by molar-refractivity contribution is 6.38. The topological polar surface area (TPSA) is 226 Å². The van der Waals surface area contributed by atoms with Gasteiger partial charge in [0.25, 0.3) is 16.1 Å². The zero-order valence-corrected chi connectivity index (χ0v) is 11.5. The molecule has 0 rings (SSSR count). The lowest BCUT2D eigenvalue weighted by Gasteiger charge is -2.21. The molecule has 3 N–H and O–H groups in total. The lowest BCUT2D eigenvalue weighted by atomic mass is 9.96. The predicted molar refractivity (Wildman–Crippen MR) is 57.5 cm³/mol. The van der Waals surface area contributed by atoms with Crippen molar-refractivity contribution in [1.29, 1.82) is 0 Å². The van der Waals surface area contributed by atoms with Crippen molar-refractivity contribution in [3.8, 4) is 0 Å². The molecule has 16 heteroatoms. The molecular formula is C6H7AlN2O13. The minimum Gasteiger partial charge on any atom is -0.580 e. The summed E-state index contributed by atoms with van der Waals surface area (Å²) in [6.45, 7) is 0. The fourth-order valence-electron chi connectivity index (χ4n) is 1.05. The van der Waals surface area contributed by atoms with Crippen molar-refractivity contribution in [2.45, 2.75) is 18.4 Å². The highest BCUT2D eigenvalue weighted by atomic mass is 27.3. The summed E-state index contributed by atoms with van der Waals surface area (Å²) in [5.41, 5.74) is -3.08. The summed E-state index contributed by atoms with van der Waals surface area (Å²) >= 11 is -4.26. The van der Waals surface area contributed by atoms with Gasteiger partial charge in [-0.2, -0.15) is 0 Å². The standard InChI is InChI=1S/C6H8O7.Al.2NO3/c7-3(8)1-6(13,5(11)12)2-4(9)10;;2*2-1(3)4/h13H,1-2H2,(H,7,8)(H,9,10)(H,11,12);;;/q;+3;2*-1/p-1. The summed E-state index contributed by atoms with van der Waals surface area (Å²) < 4.78 is 11.2. The number of aliphatic carboxylic acids is 2. The Morgan fingerprint density at radius 3 is 1.82 bits per heavy atom. The van der Waals surface area contributed by atoms with E-state index in [1.54, 1.807) is 0 Å². The molecule has 0 bridgehead atoms. The Labute approximate surface area is 124 Å². The highest BCUT2D eigenvalue weighted by Crippen LogP contribution is 2.17. The van der Waals surface area contributed by atoms with Gasteiger partial charge in [0.1, 0.15) is 0 Å². The third kappa shape index (κ3) is 7.18. The smallest absolute Gasteiger partial charge is 0.580 e. The van der Waals surface area contributed by atoms with E-state index in [-0.39, 0.29) is 0 Å². The van der Waals surface area contributed by atoms with E-state index in [0.29, 0.717) is 0 Å². The lowest BCUT2D eigenvalue weighted by Crippen LogP contribution is -2.44. The van der Waals surface area contributed by atoms with Crippen LogP contribution >= 0.6 is 0 Å². The largest absolute Gasteiger partial charge is 1.02 e. The Bertz CT molecular complexity index is 477. The third-order valence-electron chi connectivity index (χ3n) is 1.85. The summed E-state index contributed by atoms with van der Waals surface area (Å²) in [6.07, 6.45) is -2.85. The first-order valence-electron chi connectivity index (χ1n) is 4.95. The van der Waals surface area contributed by atoms with Gasteiger partial charge in [0, 0.05) is 0 Å². The first kappa shape index (κ1) is 19.3. The maximum absolute atomic E-state index is 11.3.